The summed E-state index contributed by atoms with van der Waals surface area (Å²) in [7, 11) is -2.41. The maximum absolute atomic E-state index is 13.5. The van der Waals surface area contributed by atoms with Crippen LogP contribution in [0.4, 0.5) is 10.2 Å². The minimum absolute atomic E-state index is 0.0482. The smallest absolute Gasteiger partial charge is 0.243 e. The van der Waals surface area contributed by atoms with Crippen LogP contribution in [0.15, 0.2) is 66.0 Å². The van der Waals surface area contributed by atoms with E-state index in [-0.39, 0.29) is 16.5 Å². The van der Waals surface area contributed by atoms with Crippen LogP contribution in [0.2, 0.25) is 0 Å². The third-order valence-corrected chi connectivity index (χ3v) is 9.37. The Morgan fingerprint density at radius 3 is 2.61 bits per heavy atom. The van der Waals surface area contributed by atoms with Crippen molar-refractivity contribution in [3.8, 4) is 16.9 Å². The molecule has 2 atom stereocenters. The van der Waals surface area contributed by atoms with Crippen molar-refractivity contribution in [2.75, 3.05) is 19.4 Å². The summed E-state index contributed by atoms with van der Waals surface area (Å²) < 4.78 is 46.8. The number of nitrogen functional groups attached to an aromatic ring is 1. The summed E-state index contributed by atoms with van der Waals surface area (Å²) in [5.41, 5.74) is 12.5. The number of ether oxygens (including phenoxy) is 1. The number of halogens is 1. The Bertz CT molecular complexity index is 1660. The highest BCUT2D eigenvalue weighted by molar-refractivity contribution is 7.89. The maximum atomic E-state index is 13.5. The number of anilines is 1. The van der Waals surface area contributed by atoms with Gasteiger partial charge >= 0.3 is 0 Å². The summed E-state index contributed by atoms with van der Waals surface area (Å²) in [5, 5.41) is 0. The van der Waals surface area contributed by atoms with Crippen LogP contribution < -0.4 is 15.2 Å². The molecule has 2 aromatic heterocycles. The van der Waals surface area contributed by atoms with Gasteiger partial charge in [-0.2, -0.15) is 0 Å². The van der Waals surface area contributed by atoms with Gasteiger partial charge in [-0.3, -0.25) is 0 Å². The Balaban J connectivity index is 1.39. The molecule has 0 saturated heterocycles. The van der Waals surface area contributed by atoms with Crippen molar-refractivity contribution in [1.29, 1.82) is 0 Å². The van der Waals surface area contributed by atoms with Gasteiger partial charge in [-0.05, 0) is 97.7 Å². The first-order valence-corrected chi connectivity index (χ1v) is 15.1. The minimum Gasteiger partial charge on any atom is -0.493 e. The van der Waals surface area contributed by atoms with E-state index in [9.17, 15) is 12.8 Å². The predicted molar refractivity (Wildman–Crippen MR) is 156 cm³/mol. The van der Waals surface area contributed by atoms with E-state index in [1.54, 1.807) is 30.7 Å². The molecule has 0 aliphatic carbocycles. The first kappa shape index (κ1) is 28.6. The molecule has 0 fully saturated rings. The van der Waals surface area contributed by atoms with E-state index < -0.39 is 10.0 Å². The lowest BCUT2D eigenvalue weighted by atomic mass is 9.81. The summed E-state index contributed by atoms with van der Waals surface area (Å²) in [4.78, 5) is 13.2. The molecule has 10 heteroatoms. The second-order valence-electron chi connectivity index (χ2n) is 10.6. The van der Waals surface area contributed by atoms with E-state index in [4.69, 9.17) is 10.5 Å². The Morgan fingerprint density at radius 2 is 1.85 bits per heavy atom. The molecule has 0 amide bonds. The molecule has 0 radical (unpaired) electrons. The zero-order valence-corrected chi connectivity index (χ0v) is 24.2. The molecule has 214 valence electrons. The van der Waals surface area contributed by atoms with E-state index in [0.717, 1.165) is 58.7 Å². The number of aryl methyl sites for hydroxylation is 1. The van der Waals surface area contributed by atoms with Gasteiger partial charge in [-0.25, -0.2) is 32.5 Å². The molecule has 4 aromatic rings. The Hall–Kier alpha value is -3.89. The van der Waals surface area contributed by atoms with Crippen molar-refractivity contribution in [1.82, 2.24) is 19.7 Å². The molecule has 3 heterocycles. The minimum atomic E-state index is -3.75. The highest BCUT2D eigenvalue weighted by Gasteiger charge is 2.25. The number of benzene rings is 2. The zero-order chi connectivity index (χ0) is 29.1. The van der Waals surface area contributed by atoms with Gasteiger partial charge < -0.3 is 10.5 Å². The number of hydrogen-bond donors (Lipinski definition) is 2. The molecule has 3 N–H and O–H groups in total. The van der Waals surface area contributed by atoms with Crippen LogP contribution >= 0.6 is 0 Å². The van der Waals surface area contributed by atoms with Crippen molar-refractivity contribution in [2.45, 2.75) is 44.4 Å². The van der Waals surface area contributed by atoms with Gasteiger partial charge in [-0.15, -0.1) is 0 Å². The highest BCUT2D eigenvalue weighted by atomic mass is 32.2. The molecule has 1 aliphatic heterocycles. The molecule has 8 nitrogen and oxygen atoms in total. The van der Waals surface area contributed by atoms with Crippen LogP contribution in [-0.4, -0.2) is 37.0 Å². The molecule has 1 aliphatic rings. The lowest BCUT2D eigenvalue weighted by Crippen LogP contribution is -2.24. The van der Waals surface area contributed by atoms with Gasteiger partial charge in [0.15, 0.2) is 0 Å². The van der Waals surface area contributed by atoms with Crippen molar-refractivity contribution in [3.05, 3.63) is 95.0 Å². The molecular formula is C31H34FN5O3S. The zero-order valence-electron chi connectivity index (χ0n) is 23.4. The van der Waals surface area contributed by atoms with Gasteiger partial charge in [0.2, 0.25) is 10.0 Å². The normalized spacial score (nSPS) is 17.3. The third kappa shape index (κ3) is 6.39. The maximum Gasteiger partial charge on any atom is 0.243 e. The van der Waals surface area contributed by atoms with Crippen LogP contribution in [0.5, 0.6) is 5.75 Å². The molecular weight excluding hydrogens is 541 g/mol. The fourth-order valence-electron chi connectivity index (χ4n) is 5.43. The average Bonchev–Trinajstić information content (AvgIpc) is 2.95. The molecule has 0 spiro atoms. The van der Waals surface area contributed by atoms with Crippen LogP contribution in [0.3, 0.4) is 0 Å². The summed E-state index contributed by atoms with van der Waals surface area (Å²) in [5.74, 6) is 1.18. The van der Waals surface area contributed by atoms with E-state index in [0.29, 0.717) is 30.4 Å². The first-order chi connectivity index (χ1) is 19.6. The number of rotatable bonds is 7. The lowest BCUT2D eigenvalue weighted by molar-refractivity contribution is 0.220. The van der Waals surface area contributed by atoms with E-state index in [2.05, 4.69) is 26.6 Å². The number of pyridine rings is 1. The number of nitrogens with zero attached hydrogens (tertiary/aromatic N) is 3. The third-order valence-electron chi connectivity index (χ3n) is 7.93. The molecule has 2 aromatic carbocycles. The second kappa shape index (κ2) is 11.9. The summed E-state index contributed by atoms with van der Waals surface area (Å²) in [6.45, 7) is 4.82. The number of fused-ring (bicyclic) bond motifs is 1. The second-order valence-corrected chi connectivity index (χ2v) is 12.5. The van der Waals surface area contributed by atoms with Gasteiger partial charge in [0, 0.05) is 29.6 Å². The quantitative estimate of drug-likeness (QED) is 0.322. The number of aromatic nitrogens is 3. The molecule has 0 bridgehead atoms. The summed E-state index contributed by atoms with van der Waals surface area (Å²) in [6.07, 6.45) is 6.30. The fourth-order valence-corrected chi connectivity index (χ4v) is 6.26. The topological polar surface area (TPSA) is 120 Å². The number of hydrogen-bond acceptors (Lipinski definition) is 7. The van der Waals surface area contributed by atoms with Crippen molar-refractivity contribution in [2.24, 2.45) is 11.8 Å². The average molecular weight is 576 g/mol. The van der Waals surface area contributed by atoms with Crippen LogP contribution in [0, 0.1) is 24.6 Å². The fraction of sp³-hybridized carbons (Fsp3) is 0.323. The highest BCUT2D eigenvalue weighted by Crippen LogP contribution is 2.35. The van der Waals surface area contributed by atoms with Gasteiger partial charge in [0.25, 0.3) is 0 Å². The summed E-state index contributed by atoms with van der Waals surface area (Å²) >= 11 is 0. The number of nitrogens with one attached hydrogen (secondary N) is 1. The van der Waals surface area contributed by atoms with Gasteiger partial charge in [-0.1, -0.05) is 25.1 Å². The van der Waals surface area contributed by atoms with Crippen molar-refractivity contribution in [3.63, 3.8) is 0 Å². The van der Waals surface area contributed by atoms with E-state index in [1.165, 1.54) is 19.2 Å². The molecule has 0 saturated carbocycles. The van der Waals surface area contributed by atoms with Crippen molar-refractivity contribution < 1.29 is 17.5 Å². The van der Waals surface area contributed by atoms with Crippen molar-refractivity contribution >= 4 is 15.8 Å². The number of nitrogens with two attached hydrogens (primary N) is 1. The van der Waals surface area contributed by atoms with Crippen LogP contribution in [0.25, 0.3) is 11.1 Å². The van der Waals surface area contributed by atoms with E-state index >= 15 is 0 Å². The molecule has 5 rings (SSSR count). The Kier molecular flexibility index (Phi) is 8.32. The largest absolute Gasteiger partial charge is 0.493 e. The van der Waals surface area contributed by atoms with Gasteiger partial charge in [0.1, 0.15) is 28.6 Å². The first-order valence-electron chi connectivity index (χ1n) is 13.6. The van der Waals surface area contributed by atoms with Gasteiger partial charge in [0.05, 0.1) is 6.61 Å². The number of sulfonamides is 1. The monoisotopic (exact) mass is 575 g/mol. The Morgan fingerprint density at radius 1 is 1.07 bits per heavy atom. The Labute approximate surface area is 240 Å². The SMILES string of the molecule is CNS(=O)(=O)c1cc(-c2ccc3c(c2)CC(C)C(Cc2ncnc(C)c2Cc2ccc(F)cc2)CCO3)cnc1N. The standard InChI is InChI=1S/C31H34FN5O3S/c1-19-12-24-14-23(25-16-30(31(33)35-17-25)41(38,39)34-3)6-9-29(24)40-11-10-22(19)15-28-27(20(2)36-18-37-28)13-21-4-7-26(32)8-5-21/h4-9,14,16-19,22,34H,10-13,15H2,1-3H3,(H2,33,35). The van der Waals surface area contributed by atoms with Crippen LogP contribution in [-0.2, 0) is 29.3 Å². The van der Waals surface area contributed by atoms with Crippen LogP contribution in [0.1, 0.15) is 41.4 Å². The molecule has 2 unspecified atom stereocenters. The predicted octanol–water partition coefficient (Wildman–Crippen LogP) is 4.89. The van der Waals surface area contributed by atoms with E-state index in [1.807, 2.05) is 25.1 Å². The summed E-state index contributed by atoms with van der Waals surface area (Å²) in [6, 6.07) is 14.0. The lowest BCUT2D eigenvalue weighted by Gasteiger charge is -2.29. The molecule has 41 heavy (non-hydrogen) atoms.